The van der Waals surface area contributed by atoms with Crippen LogP contribution in [0.3, 0.4) is 0 Å². The van der Waals surface area contributed by atoms with E-state index in [4.69, 9.17) is 5.73 Å². The molecule has 1 aliphatic carbocycles. The minimum atomic E-state index is 0.00735. The lowest BCUT2D eigenvalue weighted by molar-refractivity contribution is 0.108. The van der Waals surface area contributed by atoms with E-state index in [0.29, 0.717) is 0 Å². The van der Waals surface area contributed by atoms with Gasteiger partial charge in [-0.05, 0) is 32.1 Å². The molecule has 0 aromatic rings. The second-order valence-corrected chi connectivity index (χ2v) is 6.42. The Hall–Kier alpha value is -0.120. The molecular formula is C14H29N3. The fourth-order valence-electron chi connectivity index (χ4n) is 2.96. The van der Waals surface area contributed by atoms with Crippen molar-refractivity contribution in [3.05, 3.63) is 0 Å². The Morgan fingerprint density at radius 3 is 2.24 bits per heavy atom. The van der Waals surface area contributed by atoms with Crippen molar-refractivity contribution in [1.82, 2.24) is 9.80 Å². The van der Waals surface area contributed by atoms with Gasteiger partial charge in [0.25, 0.3) is 0 Å². The van der Waals surface area contributed by atoms with Crippen LogP contribution in [0.2, 0.25) is 0 Å². The lowest BCUT2D eigenvalue weighted by Gasteiger charge is -2.38. The summed E-state index contributed by atoms with van der Waals surface area (Å²) in [5.41, 5.74) is 6.34. The lowest BCUT2D eigenvalue weighted by atomic mass is 9.96. The molecule has 100 valence electrons. The average Bonchev–Trinajstić information content (AvgIpc) is 3.04. The summed E-state index contributed by atoms with van der Waals surface area (Å²) in [4.78, 5) is 5.20. The summed E-state index contributed by atoms with van der Waals surface area (Å²) in [6.45, 7) is 11.8. The molecule has 3 nitrogen and oxygen atoms in total. The van der Waals surface area contributed by atoms with Gasteiger partial charge in [0.15, 0.2) is 0 Å². The standard InChI is InChI=1S/C14H29N3/c1-3-6-14(2,15)12-17-9-7-16(8-10-17)11-13-4-5-13/h13H,3-12,15H2,1-2H3. The minimum absolute atomic E-state index is 0.00735. The Balaban J connectivity index is 1.67. The zero-order valence-corrected chi connectivity index (χ0v) is 11.6. The van der Waals surface area contributed by atoms with E-state index in [2.05, 4.69) is 23.6 Å². The Bertz CT molecular complexity index is 228. The van der Waals surface area contributed by atoms with Crippen molar-refractivity contribution in [3.8, 4) is 0 Å². The first-order chi connectivity index (χ1) is 8.09. The van der Waals surface area contributed by atoms with E-state index < -0.39 is 0 Å². The largest absolute Gasteiger partial charge is 0.324 e. The van der Waals surface area contributed by atoms with E-state index in [1.165, 1.54) is 52.0 Å². The van der Waals surface area contributed by atoms with Gasteiger partial charge in [0.1, 0.15) is 0 Å². The highest BCUT2D eigenvalue weighted by Crippen LogP contribution is 2.29. The van der Waals surface area contributed by atoms with Gasteiger partial charge in [-0.3, -0.25) is 4.90 Å². The fraction of sp³-hybridized carbons (Fsp3) is 1.00. The molecule has 2 fully saturated rings. The number of hydrogen-bond acceptors (Lipinski definition) is 3. The van der Waals surface area contributed by atoms with Crippen LogP contribution in [0.1, 0.15) is 39.5 Å². The molecule has 0 spiro atoms. The van der Waals surface area contributed by atoms with Crippen molar-refractivity contribution in [3.63, 3.8) is 0 Å². The molecule has 0 amide bonds. The highest BCUT2D eigenvalue weighted by atomic mass is 15.3. The van der Waals surface area contributed by atoms with Crippen molar-refractivity contribution in [1.29, 1.82) is 0 Å². The topological polar surface area (TPSA) is 32.5 Å². The molecule has 0 aromatic heterocycles. The minimum Gasteiger partial charge on any atom is -0.324 e. The predicted octanol–water partition coefficient (Wildman–Crippen LogP) is 1.53. The van der Waals surface area contributed by atoms with Crippen LogP contribution in [0.15, 0.2) is 0 Å². The van der Waals surface area contributed by atoms with Gasteiger partial charge in [0, 0.05) is 44.8 Å². The first-order valence-corrected chi connectivity index (χ1v) is 7.33. The van der Waals surface area contributed by atoms with Crippen LogP contribution < -0.4 is 5.73 Å². The smallest absolute Gasteiger partial charge is 0.0254 e. The summed E-state index contributed by atoms with van der Waals surface area (Å²) in [6.07, 6.45) is 5.26. The number of nitrogens with zero attached hydrogens (tertiary/aromatic N) is 2. The van der Waals surface area contributed by atoms with Crippen molar-refractivity contribution < 1.29 is 0 Å². The summed E-state index contributed by atoms with van der Waals surface area (Å²) < 4.78 is 0. The zero-order chi connectivity index (χ0) is 12.3. The maximum Gasteiger partial charge on any atom is 0.0254 e. The van der Waals surface area contributed by atoms with E-state index in [1.54, 1.807) is 0 Å². The number of hydrogen-bond donors (Lipinski definition) is 1. The molecule has 0 bridgehead atoms. The molecule has 1 unspecified atom stereocenters. The monoisotopic (exact) mass is 239 g/mol. The molecule has 1 saturated carbocycles. The van der Waals surface area contributed by atoms with Crippen molar-refractivity contribution in [2.24, 2.45) is 11.7 Å². The summed E-state index contributed by atoms with van der Waals surface area (Å²) in [5, 5.41) is 0. The van der Waals surface area contributed by atoms with Gasteiger partial charge in [-0.2, -0.15) is 0 Å². The third-order valence-corrected chi connectivity index (χ3v) is 4.08. The van der Waals surface area contributed by atoms with E-state index in [1.807, 2.05) is 0 Å². The van der Waals surface area contributed by atoms with Crippen LogP contribution in [0, 0.1) is 5.92 Å². The molecule has 2 aliphatic rings. The second kappa shape index (κ2) is 5.68. The average molecular weight is 239 g/mol. The highest BCUT2D eigenvalue weighted by Gasteiger charge is 2.28. The lowest BCUT2D eigenvalue weighted by Crippen LogP contribution is -2.54. The van der Waals surface area contributed by atoms with Gasteiger partial charge in [-0.25, -0.2) is 0 Å². The van der Waals surface area contributed by atoms with Gasteiger partial charge in [-0.15, -0.1) is 0 Å². The van der Waals surface area contributed by atoms with Crippen LogP contribution >= 0.6 is 0 Å². The molecule has 2 N–H and O–H groups in total. The third-order valence-electron chi connectivity index (χ3n) is 4.08. The maximum atomic E-state index is 6.33. The van der Waals surface area contributed by atoms with Crippen molar-refractivity contribution in [2.75, 3.05) is 39.3 Å². The first kappa shape index (κ1) is 13.3. The van der Waals surface area contributed by atoms with E-state index in [-0.39, 0.29) is 5.54 Å². The summed E-state index contributed by atoms with van der Waals surface area (Å²) in [5.74, 6) is 1.03. The SMILES string of the molecule is CCCC(C)(N)CN1CCN(CC2CC2)CC1. The zero-order valence-electron chi connectivity index (χ0n) is 11.6. The maximum absolute atomic E-state index is 6.33. The number of rotatable bonds is 6. The van der Waals surface area contributed by atoms with Gasteiger partial charge in [0.05, 0.1) is 0 Å². The van der Waals surface area contributed by atoms with Crippen LogP contribution in [-0.4, -0.2) is 54.6 Å². The molecule has 1 saturated heterocycles. The second-order valence-electron chi connectivity index (χ2n) is 6.42. The van der Waals surface area contributed by atoms with Gasteiger partial charge in [0.2, 0.25) is 0 Å². The fourth-order valence-corrected chi connectivity index (χ4v) is 2.96. The summed E-state index contributed by atoms with van der Waals surface area (Å²) >= 11 is 0. The molecule has 17 heavy (non-hydrogen) atoms. The van der Waals surface area contributed by atoms with E-state index in [0.717, 1.165) is 18.9 Å². The van der Waals surface area contributed by atoms with Crippen LogP contribution in [0.5, 0.6) is 0 Å². The Labute approximate surface area is 106 Å². The third kappa shape index (κ3) is 4.57. The van der Waals surface area contributed by atoms with Crippen molar-refractivity contribution in [2.45, 2.75) is 45.1 Å². The molecule has 3 heteroatoms. The number of nitrogens with two attached hydrogens (primary N) is 1. The molecule has 1 aliphatic heterocycles. The molecule has 0 aromatic carbocycles. The highest BCUT2D eigenvalue weighted by molar-refractivity contribution is 4.86. The van der Waals surface area contributed by atoms with Gasteiger partial charge >= 0.3 is 0 Å². The quantitative estimate of drug-likeness (QED) is 0.763. The first-order valence-electron chi connectivity index (χ1n) is 7.33. The van der Waals surface area contributed by atoms with Gasteiger partial charge < -0.3 is 10.6 Å². The van der Waals surface area contributed by atoms with Crippen molar-refractivity contribution >= 4 is 0 Å². The normalized spacial score (nSPS) is 27.0. The van der Waals surface area contributed by atoms with E-state index >= 15 is 0 Å². The predicted molar refractivity (Wildman–Crippen MR) is 73.1 cm³/mol. The molecule has 1 atom stereocenters. The van der Waals surface area contributed by atoms with Crippen LogP contribution in [0.4, 0.5) is 0 Å². The van der Waals surface area contributed by atoms with Gasteiger partial charge in [-0.1, -0.05) is 13.3 Å². The number of piperazine rings is 1. The van der Waals surface area contributed by atoms with Crippen LogP contribution in [0.25, 0.3) is 0 Å². The Kier molecular flexibility index (Phi) is 4.45. The molecular weight excluding hydrogens is 210 g/mol. The van der Waals surface area contributed by atoms with Crippen LogP contribution in [-0.2, 0) is 0 Å². The molecule has 1 heterocycles. The molecule has 2 rings (SSSR count). The molecule has 0 radical (unpaired) electrons. The Morgan fingerprint density at radius 2 is 1.71 bits per heavy atom. The summed E-state index contributed by atoms with van der Waals surface area (Å²) in [6, 6.07) is 0. The van der Waals surface area contributed by atoms with E-state index in [9.17, 15) is 0 Å². The Morgan fingerprint density at radius 1 is 1.12 bits per heavy atom. The summed E-state index contributed by atoms with van der Waals surface area (Å²) in [7, 11) is 0.